The first kappa shape index (κ1) is 15.9. The van der Waals surface area contributed by atoms with E-state index in [0.29, 0.717) is 10.7 Å². The van der Waals surface area contributed by atoms with E-state index in [1.807, 2.05) is 0 Å². The predicted molar refractivity (Wildman–Crippen MR) is 81.4 cm³/mol. The molecular formula is C14H15N3O4S. The number of nitrogens with zero attached hydrogens (tertiary/aromatic N) is 2. The molecule has 2 N–H and O–H groups in total. The van der Waals surface area contributed by atoms with Gasteiger partial charge in [-0.25, -0.2) is 9.78 Å². The topological polar surface area (TPSA) is 101 Å². The number of hydrogen-bond acceptors (Lipinski definition) is 5. The Labute approximate surface area is 130 Å². The van der Waals surface area contributed by atoms with Crippen LogP contribution in [0.2, 0.25) is 0 Å². The van der Waals surface area contributed by atoms with Crippen LogP contribution in [0.1, 0.15) is 43.8 Å². The highest BCUT2D eigenvalue weighted by Gasteiger charge is 2.20. The number of aryl methyl sites for hydroxylation is 1. The molecule has 0 spiro atoms. The second kappa shape index (κ2) is 6.10. The van der Waals surface area contributed by atoms with Gasteiger partial charge in [0, 0.05) is 13.1 Å². The highest BCUT2D eigenvalue weighted by atomic mass is 32.1. The van der Waals surface area contributed by atoms with Crippen molar-refractivity contribution in [3.63, 3.8) is 0 Å². The minimum absolute atomic E-state index is 0.156. The summed E-state index contributed by atoms with van der Waals surface area (Å²) >= 11 is 1.03. The molecule has 22 heavy (non-hydrogen) atoms. The second-order valence-electron chi connectivity index (χ2n) is 4.78. The van der Waals surface area contributed by atoms with E-state index in [0.717, 1.165) is 11.3 Å². The first-order valence-corrected chi connectivity index (χ1v) is 7.30. The number of aromatic carboxylic acids is 1. The lowest BCUT2D eigenvalue weighted by Gasteiger charge is -2.13. The van der Waals surface area contributed by atoms with Crippen LogP contribution in [0.15, 0.2) is 23.0 Å². The van der Waals surface area contributed by atoms with Crippen LogP contribution in [0.25, 0.3) is 0 Å². The van der Waals surface area contributed by atoms with Crippen molar-refractivity contribution in [3.05, 3.63) is 49.8 Å². The average molecular weight is 321 g/mol. The number of pyridine rings is 1. The number of nitrogens with one attached hydrogen (secondary N) is 1. The summed E-state index contributed by atoms with van der Waals surface area (Å²) < 4.78 is 1.25. The lowest BCUT2D eigenvalue weighted by Crippen LogP contribution is -2.32. The van der Waals surface area contributed by atoms with Gasteiger partial charge in [0.2, 0.25) is 0 Å². The third kappa shape index (κ3) is 3.06. The zero-order valence-electron chi connectivity index (χ0n) is 12.3. The molecule has 8 heteroatoms. The van der Waals surface area contributed by atoms with Crippen molar-refractivity contribution in [1.29, 1.82) is 0 Å². The zero-order chi connectivity index (χ0) is 16.4. The van der Waals surface area contributed by atoms with Crippen LogP contribution in [0.3, 0.4) is 0 Å². The molecule has 0 saturated heterocycles. The molecule has 1 atom stereocenters. The lowest BCUT2D eigenvalue weighted by atomic mass is 10.3. The van der Waals surface area contributed by atoms with Crippen molar-refractivity contribution in [3.8, 4) is 0 Å². The summed E-state index contributed by atoms with van der Waals surface area (Å²) in [4.78, 5) is 39.1. The van der Waals surface area contributed by atoms with E-state index in [1.165, 1.54) is 23.7 Å². The molecule has 2 rings (SSSR count). The number of carbonyl (C=O) groups is 2. The fraction of sp³-hybridized carbons (Fsp3) is 0.286. The summed E-state index contributed by atoms with van der Waals surface area (Å²) in [5, 5.41) is 12.3. The van der Waals surface area contributed by atoms with E-state index in [2.05, 4.69) is 10.3 Å². The minimum atomic E-state index is -1.04. The molecule has 116 valence electrons. The van der Waals surface area contributed by atoms with Crippen molar-refractivity contribution in [2.75, 3.05) is 0 Å². The van der Waals surface area contributed by atoms with Gasteiger partial charge in [0.25, 0.3) is 11.5 Å². The van der Waals surface area contributed by atoms with Gasteiger partial charge < -0.3 is 15.0 Å². The van der Waals surface area contributed by atoms with Crippen LogP contribution in [-0.2, 0) is 7.05 Å². The molecule has 0 aliphatic heterocycles. The van der Waals surface area contributed by atoms with Crippen LogP contribution >= 0.6 is 11.3 Å². The standard InChI is InChI=1S/C14H15N3O4S/c1-7-11(14(20)21)22-13(16-7)8(2)15-12(19)9-5-4-6-10(18)17(9)3/h4-6,8H,1-3H3,(H,15,19)(H,20,21). The molecule has 0 aliphatic carbocycles. The van der Waals surface area contributed by atoms with Gasteiger partial charge in [-0.3, -0.25) is 9.59 Å². The molecule has 1 unspecified atom stereocenters. The highest BCUT2D eigenvalue weighted by Crippen LogP contribution is 2.23. The van der Waals surface area contributed by atoms with Crippen LogP contribution in [0.4, 0.5) is 0 Å². The largest absolute Gasteiger partial charge is 0.477 e. The first-order valence-electron chi connectivity index (χ1n) is 6.48. The number of aromatic nitrogens is 2. The third-order valence-corrected chi connectivity index (χ3v) is 4.47. The maximum atomic E-state index is 12.2. The Morgan fingerprint density at radius 1 is 1.41 bits per heavy atom. The van der Waals surface area contributed by atoms with Crippen LogP contribution in [0.5, 0.6) is 0 Å². The second-order valence-corrected chi connectivity index (χ2v) is 5.81. The number of amides is 1. The number of thiazole rings is 1. The summed E-state index contributed by atoms with van der Waals surface area (Å²) in [6.07, 6.45) is 0. The van der Waals surface area contributed by atoms with E-state index in [4.69, 9.17) is 5.11 Å². The highest BCUT2D eigenvalue weighted by molar-refractivity contribution is 7.13. The van der Waals surface area contributed by atoms with Gasteiger partial charge in [-0.1, -0.05) is 6.07 Å². The SMILES string of the molecule is Cc1nc(C(C)NC(=O)c2cccc(=O)n2C)sc1C(=O)O. The minimum Gasteiger partial charge on any atom is -0.477 e. The fourth-order valence-corrected chi connectivity index (χ4v) is 2.83. The van der Waals surface area contributed by atoms with E-state index >= 15 is 0 Å². The number of carboxylic acid groups (broad SMARTS) is 1. The molecule has 2 aromatic rings. The molecule has 0 saturated carbocycles. The fourth-order valence-electron chi connectivity index (χ4n) is 1.93. The van der Waals surface area contributed by atoms with E-state index in [-0.39, 0.29) is 16.1 Å². The normalized spacial score (nSPS) is 12.0. The van der Waals surface area contributed by atoms with Gasteiger partial charge in [-0.05, 0) is 19.9 Å². The lowest BCUT2D eigenvalue weighted by molar-refractivity contribution is 0.0701. The Morgan fingerprint density at radius 2 is 2.09 bits per heavy atom. The van der Waals surface area contributed by atoms with Gasteiger partial charge >= 0.3 is 5.97 Å². The summed E-state index contributed by atoms with van der Waals surface area (Å²) in [6.45, 7) is 3.32. The van der Waals surface area contributed by atoms with Gasteiger partial charge in [0.05, 0.1) is 11.7 Å². The molecule has 0 aromatic carbocycles. The maximum Gasteiger partial charge on any atom is 0.347 e. The first-order chi connectivity index (χ1) is 10.3. The van der Waals surface area contributed by atoms with Gasteiger partial charge in [-0.15, -0.1) is 11.3 Å². The smallest absolute Gasteiger partial charge is 0.347 e. The molecular weight excluding hydrogens is 306 g/mol. The molecule has 0 fully saturated rings. The Bertz CT molecular complexity index is 794. The predicted octanol–water partition coefficient (Wildman–Crippen LogP) is 1.34. The van der Waals surface area contributed by atoms with Gasteiger partial charge in [0.15, 0.2) is 0 Å². The van der Waals surface area contributed by atoms with Crippen LogP contribution in [-0.4, -0.2) is 26.5 Å². The quantitative estimate of drug-likeness (QED) is 0.885. The van der Waals surface area contributed by atoms with Crippen molar-refractivity contribution in [2.24, 2.45) is 7.05 Å². The Morgan fingerprint density at radius 3 is 2.68 bits per heavy atom. The maximum absolute atomic E-state index is 12.2. The molecule has 2 aromatic heterocycles. The molecule has 7 nitrogen and oxygen atoms in total. The number of carbonyl (C=O) groups excluding carboxylic acids is 1. The van der Waals surface area contributed by atoms with Crippen molar-refractivity contribution in [2.45, 2.75) is 19.9 Å². The van der Waals surface area contributed by atoms with Crippen LogP contribution < -0.4 is 10.9 Å². The molecule has 0 bridgehead atoms. The summed E-state index contributed by atoms with van der Waals surface area (Å²) in [7, 11) is 1.51. The molecule has 0 aliphatic rings. The van der Waals surface area contributed by atoms with E-state index < -0.39 is 17.9 Å². The third-order valence-electron chi connectivity index (χ3n) is 3.14. The molecule has 2 heterocycles. The number of hydrogen-bond donors (Lipinski definition) is 2. The van der Waals surface area contributed by atoms with Crippen molar-refractivity contribution in [1.82, 2.24) is 14.9 Å². The molecule has 1 amide bonds. The Hall–Kier alpha value is -2.48. The summed E-state index contributed by atoms with van der Waals surface area (Å²) in [5.41, 5.74) is 0.366. The molecule has 0 radical (unpaired) electrons. The Kier molecular flexibility index (Phi) is 4.41. The average Bonchev–Trinajstić information content (AvgIpc) is 2.84. The monoisotopic (exact) mass is 321 g/mol. The van der Waals surface area contributed by atoms with Gasteiger partial charge in [-0.2, -0.15) is 0 Å². The number of rotatable bonds is 4. The van der Waals surface area contributed by atoms with E-state index in [1.54, 1.807) is 19.9 Å². The summed E-state index contributed by atoms with van der Waals surface area (Å²) in [6, 6.07) is 3.96. The van der Waals surface area contributed by atoms with Gasteiger partial charge in [0.1, 0.15) is 15.6 Å². The zero-order valence-corrected chi connectivity index (χ0v) is 13.1. The van der Waals surface area contributed by atoms with Crippen LogP contribution in [0, 0.1) is 6.92 Å². The van der Waals surface area contributed by atoms with Crippen molar-refractivity contribution < 1.29 is 14.7 Å². The number of carboxylic acids is 1. The van der Waals surface area contributed by atoms with E-state index in [9.17, 15) is 14.4 Å². The van der Waals surface area contributed by atoms with Crippen molar-refractivity contribution >= 4 is 23.2 Å². The Balaban J connectivity index is 2.21. The summed E-state index contributed by atoms with van der Waals surface area (Å²) in [5.74, 6) is -1.46.